The van der Waals surface area contributed by atoms with Gasteiger partial charge in [0.1, 0.15) is 0 Å². The summed E-state index contributed by atoms with van der Waals surface area (Å²) in [5.74, 6) is -0.0902. The lowest BCUT2D eigenvalue weighted by Gasteiger charge is -2.11. The van der Waals surface area contributed by atoms with Crippen molar-refractivity contribution in [1.82, 2.24) is 0 Å². The van der Waals surface area contributed by atoms with Crippen LogP contribution in [0.5, 0.6) is 0 Å². The Hall–Kier alpha value is -2.84. The predicted octanol–water partition coefficient (Wildman–Crippen LogP) is 5.49. The first kappa shape index (κ1) is 14.7. The van der Waals surface area contributed by atoms with Gasteiger partial charge in [-0.1, -0.05) is 60.1 Å². The highest BCUT2D eigenvalue weighted by atomic mass is 35.5. The molecule has 24 heavy (non-hydrogen) atoms. The number of halogens is 1. The average molecular weight is 332 g/mol. The smallest absolute Gasteiger partial charge is 0.256 e. The third-order valence-electron chi connectivity index (χ3n) is 4.09. The van der Waals surface area contributed by atoms with Crippen LogP contribution < -0.4 is 5.32 Å². The van der Waals surface area contributed by atoms with Crippen LogP contribution in [0.4, 0.5) is 5.69 Å². The molecule has 0 fully saturated rings. The molecule has 1 aliphatic heterocycles. The van der Waals surface area contributed by atoms with E-state index in [-0.39, 0.29) is 5.91 Å². The monoisotopic (exact) mass is 331 g/mol. The maximum absolute atomic E-state index is 12.6. The molecule has 0 atom stereocenters. The van der Waals surface area contributed by atoms with Crippen LogP contribution in [-0.2, 0) is 0 Å². The minimum absolute atomic E-state index is 0.0902. The number of hydrogen-bond acceptors (Lipinski definition) is 1. The largest absolute Gasteiger partial charge is 0.321 e. The van der Waals surface area contributed by atoms with Crippen molar-refractivity contribution in [2.45, 2.75) is 0 Å². The molecule has 0 radical (unpaired) electrons. The Morgan fingerprint density at radius 1 is 0.792 bits per heavy atom. The van der Waals surface area contributed by atoms with Gasteiger partial charge in [-0.2, -0.15) is 0 Å². The first-order chi connectivity index (χ1) is 11.7. The van der Waals surface area contributed by atoms with Crippen LogP contribution in [0.15, 0.2) is 72.8 Å². The van der Waals surface area contributed by atoms with Gasteiger partial charge in [0.05, 0.1) is 0 Å². The fraction of sp³-hybridized carbons (Fsp3) is 0. The number of carbonyl (C=O) groups is 1. The first-order valence-electron chi connectivity index (χ1n) is 7.70. The SMILES string of the molecule is O=C1Nc2ccccc2C(=Cc2cccc(Cl)c2)c2ccccc21. The zero-order valence-electron chi connectivity index (χ0n) is 12.8. The van der Waals surface area contributed by atoms with E-state index in [1.807, 2.05) is 72.8 Å². The Morgan fingerprint density at radius 2 is 1.50 bits per heavy atom. The molecule has 3 aromatic carbocycles. The molecule has 1 aliphatic rings. The standard InChI is InChI=1S/C21H14ClNO/c22-15-7-5-6-14(12-15)13-19-16-8-1-2-10-18(16)21(24)23-20-11-4-3-9-17(19)20/h1-13H,(H,23,24). The van der Waals surface area contributed by atoms with Crippen molar-refractivity contribution in [2.24, 2.45) is 0 Å². The first-order valence-corrected chi connectivity index (χ1v) is 8.07. The number of nitrogens with one attached hydrogen (secondary N) is 1. The Kier molecular flexibility index (Phi) is 3.68. The average Bonchev–Trinajstić information content (AvgIpc) is 2.71. The van der Waals surface area contributed by atoms with Gasteiger partial charge in [0.25, 0.3) is 5.91 Å². The molecule has 0 unspecified atom stereocenters. The molecule has 1 heterocycles. The fourth-order valence-electron chi connectivity index (χ4n) is 3.00. The Labute approximate surface area is 145 Å². The zero-order chi connectivity index (χ0) is 16.5. The zero-order valence-corrected chi connectivity index (χ0v) is 13.5. The van der Waals surface area contributed by atoms with Crippen molar-refractivity contribution in [2.75, 3.05) is 5.32 Å². The number of fused-ring (bicyclic) bond motifs is 2. The summed E-state index contributed by atoms with van der Waals surface area (Å²) in [4.78, 5) is 12.6. The maximum atomic E-state index is 12.6. The highest BCUT2D eigenvalue weighted by Gasteiger charge is 2.22. The molecule has 3 aromatic rings. The molecule has 116 valence electrons. The molecule has 0 bridgehead atoms. The molecule has 2 nitrogen and oxygen atoms in total. The lowest BCUT2D eigenvalue weighted by molar-refractivity contribution is 0.102. The summed E-state index contributed by atoms with van der Waals surface area (Å²) in [6.07, 6.45) is 2.07. The summed E-state index contributed by atoms with van der Waals surface area (Å²) >= 11 is 6.12. The van der Waals surface area contributed by atoms with E-state index in [9.17, 15) is 4.79 Å². The van der Waals surface area contributed by atoms with Crippen LogP contribution in [0.3, 0.4) is 0 Å². The molecule has 4 rings (SSSR count). The lowest BCUT2D eigenvalue weighted by atomic mass is 9.92. The van der Waals surface area contributed by atoms with E-state index >= 15 is 0 Å². The second-order valence-corrected chi connectivity index (χ2v) is 6.09. The topological polar surface area (TPSA) is 29.1 Å². The van der Waals surface area contributed by atoms with Gasteiger partial charge < -0.3 is 5.32 Å². The van der Waals surface area contributed by atoms with Crippen molar-refractivity contribution in [3.63, 3.8) is 0 Å². The third-order valence-corrected chi connectivity index (χ3v) is 4.32. The quantitative estimate of drug-likeness (QED) is 0.627. The van der Waals surface area contributed by atoms with Gasteiger partial charge in [-0.25, -0.2) is 0 Å². The van der Waals surface area contributed by atoms with Gasteiger partial charge >= 0.3 is 0 Å². The molecule has 0 saturated carbocycles. The Balaban J connectivity index is 2.01. The summed E-state index contributed by atoms with van der Waals surface area (Å²) in [6, 6.07) is 23.2. The van der Waals surface area contributed by atoms with Gasteiger partial charge in [0.2, 0.25) is 0 Å². The highest BCUT2D eigenvalue weighted by Crippen LogP contribution is 2.36. The van der Waals surface area contributed by atoms with Crippen molar-refractivity contribution in [3.8, 4) is 0 Å². The normalized spacial score (nSPS) is 14.5. The van der Waals surface area contributed by atoms with Crippen LogP contribution in [0.2, 0.25) is 5.02 Å². The van der Waals surface area contributed by atoms with Crippen LogP contribution in [-0.4, -0.2) is 5.91 Å². The van der Waals surface area contributed by atoms with Crippen molar-refractivity contribution < 1.29 is 4.79 Å². The minimum Gasteiger partial charge on any atom is -0.321 e. The van der Waals surface area contributed by atoms with Crippen LogP contribution >= 0.6 is 11.6 Å². The van der Waals surface area contributed by atoms with Crippen molar-refractivity contribution in [3.05, 3.63) is 100 Å². The van der Waals surface area contributed by atoms with Crippen molar-refractivity contribution in [1.29, 1.82) is 0 Å². The molecule has 0 saturated heterocycles. The van der Waals surface area contributed by atoms with Crippen LogP contribution in [0.1, 0.15) is 27.0 Å². The second kappa shape index (κ2) is 5.99. The molecule has 3 heteroatoms. The van der Waals surface area contributed by atoms with Gasteiger partial charge in [-0.3, -0.25) is 4.79 Å². The highest BCUT2D eigenvalue weighted by molar-refractivity contribution is 6.30. The Morgan fingerprint density at radius 3 is 2.29 bits per heavy atom. The summed E-state index contributed by atoms with van der Waals surface area (Å²) < 4.78 is 0. The molecule has 1 amide bonds. The molecular weight excluding hydrogens is 318 g/mol. The molecule has 0 aliphatic carbocycles. The molecule has 1 N–H and O–H groups in total. The van der Waals surface area contributed by atoms with E-state index in [1.54, 1.807) is 0 Å². The van der Waals surface area contributed by atoms with E-state index in [4.69, 9.17) is 11.6 Å². The maximum Gasteiger partial charge on any atom is 0.256 e. The van der Waals surface area contributed by atoms with Crippen LogP contribution in [0.25, 0.3) is 11.6 Å². The van der Waals surface area contributed by atoms with Crippen LogP contribution in [0, 0.1) is 0 Å². The summed E-state index contributed by atoms with van der Waals surface area (Å²) in [6.45, 7) is 0. The van der Waals surface area contributed by atoms with E-state index < -0.39 is 0 Å². The minimum atomic E-state index is -0.0902. The lowest BCUT2D eigenvalue weighted by Crippen LogP contribution is -2.11. The number of para-hydroxylation sites is 1. The number of rotatable bonds is 1. The fourth-order valence-corrected chi connectivity index (χ4v) is 3.19. The predicted molar refractivity (Wildman–Crippen MR) is 99.3 cm³/mol. The van der Waals surface area contributed by atoms with Gasteiger partial charge in [0, 0.05) is 21.8 Å². The van der Waals surface area contributed by atoms with E-state index in [0.29, 0.717) is 10.6 Å². The number of anilines is 1. The number of amides is 1. The van der Waals surface area contributed by atoms with E-state index in [0.717, 1.165) is 28.0 Å². The van der Waals surface area contributed by atoms with Gasteiger partial charge in [-0.15, -0.1) is 0 Å². The van der Waals surface area contributed by atoms with Crippen molar-refractivity contribution >= 4 is 34.8 Å². The third kappa shape index (κ3) is 2.61. The molecular formula is C21H14ClNO. The van der Waals surface area contributed by atoms with E-state index in [1.165, 1.54) is 0 Å². The summed E-state index contributed by atoms with van der Waals surface area (Å²) in [5.41, 5.74) is 5.39. The van der Waals surface area contributed by atoms with Gasteiger partial charge in [-0.05, 0) is 47.0 Å². The number of carbonyl (C=O) groups excluding carboxylic acids is 1. The number of benzene rings is 3. The summed E-state index contributed by atoms with van der Waals surface area (Å²) in [7, 11) is 0. The van der Waals surface area contributed by atoms with E-state index in [2.05, 4.69) is 11.4 Å². The molecule has 0 aromatic heterocycles. The number of hydrogen-bond donors (Lipinski definition) is 1. The van der Waals surface area contributed by atoms with Gasteiger partial charge in [0.15, 0.2) is 0 Å². The second-order valence-electron chi connectivity index (χ2n) is 5.66. The molecule has 0 spiro atoms. The Bertz CT molecular complexity index is 975. The summed E-state index contributed by atoms with van der Waals surface area (Å²) in [5, 5.41) is 3.69.